The number of hydrogen-bond acceptors (Lipinski definition) is 7. The summed E-state index contributed by atoms with van der Waals surface area (Å²) in [5.74, 6) is 2.12. The molecule has 0 radical (unpaired) electrons. The van der Waals surface area contributed by atoms with E-state index in [1.807, 2.05) is 42.5 Å². The van der Waals surface area contributed by atoms with Crippen molar-refractivity contribution in [1.29, 1.82) is 0 Å². The van der Waals surface area contributed by atoms with Crippen LogP contribution in [-0.2, 0) is 0 Å². The van der Waals surface area contributed by atoms with Crippen molar-refractivity contribution in [3.05, 3.63) is 42.5 Å². The SMILES string of the molecule is COc1ccc(-c2nnc3sc(-c4ccc(OC)c(N)c4)nn23)cc1. The molecule has 7 nitrogen and oxygen atoms in total. The second kappa shape index (κ2) is 6.06. The van der Waals surface area contributed by atoms with Crippen LogP contribution in [0.25, 0.3) is 26.9 Å². The molecule has 8 heteroatoms. The van der Waals surface area contributed by atoms with Crippen LogP contribution in [0.15, 0.2) is 42.5 Å². The number of ether oxygens (including phenoxy) is 2. The standard InChI is InChI=1S/C17H15N5O2S/c1-23-12-6-3-10(4-7-12)15-19-20-17-22(15)21-16(25-17)11-5-8-14(24-2)13(18)9-11/h3-9H,18H2,1-2H3. The molecular formula is C17H15N5O2S. The summed E-state index contributed by atoms with van der Waals surface area (Å²) in [6, 6.07) is 13.2. The maximum Gasteiger partial charge on any atom is 0.235 e. The number of anilines is 1. The van der Waals surface area contributed by atoms with Crippen LogP contribution in [0.2, 0.25) is 0 Å². The highest BCUT2D eigenvalue weighted by Gasteiger charge is 2.15. The van der Waals surface area contributed by atoms with Gasteiger partial charge in [0.2, 0.25) is 4.96 Å². The van der Waals surface area contributed by atoms with Crippen molar-refractivity contribution in [1.82, 2.24) is 19.8 Å². The summed E-state index contributed by atoms with van der Waals surface area (Å²) in [5, 5.41) is 13.9. The quantitative estimate of drug-likeness (QED) is 0.567. The number of nitrogen functional groups attached to an aromatic ring is 1. The van der Waals surface area contributed by atoms with Crippen LogP contribution >= 0.6 is 11.3 Å². The summed E-state index contributed by atoms with van der Waals surface area (Å²) in [6.45, 7) is 0. The Hall–Kier alpha value is -3.13. The van der Waals surface area contributed by atoms with Gasteiger partial charge in [0.05, 0.1) is 19.9 Å². The number of nitrogens with two attached hydrogens (primary N) is 1. The Bertz CT molecular complexity index is 1040. The summed E-state index contributed by atoms with van der Waals surface area (Å²) < 4.78 is 12.1. The van der Waals surface area contributed by atoms with Crippen molar-refractivity contribution in [3.63, 3.8) is 0 Å². The van der Waals surface area contributed by atoms with E-state index in [1.165, 1.54) is 11.3 Å². The molecule has 0 fully saturated rings. The molecule has 0 spiro atoms. The van der Waals surface area contributed by atoms with Gasteiger partial charge in [-0.05, 0) is 42.5 Å². The van der Waals surface area contributed by atoms with E-state index in [0.29, 0.717) is 17.3 Å². The molecule has 4 rings (SSSR count). The lowest BCUT2D eigenvalue weighted by Gasteiger charge is -2.05. The Morgan fingerprint density at radius 2 is 1.72 bits per heavy atom. The van der Waals surface area contributed by atoms with Gasteiger partial charge in [0.25, 0.3) is 0 Å². The van der Waals surface area contributed by atoms with Crippen molar-refractivity contribution in [2.75, 3.05) is 20.0 Å². The molecule has 0 aliphatic heterocycles. The molecule has 0 amide bonds. The first-order valence-electron chi connectivity index (χ1n) is 7.50. The highest BCUT2D eigenvalue weighted by atomic mass is 32.1. The molecule has 25 heavy (non-hydrogen) atoms. The molecule has 126 valence electrons. The fourth-order valence-electron chi connectivity index (χ4n) is 2.52. The van der Waals surface area contributed by atoms with Crippen LogP contribution in [0, 0.1) is 0 Å². The molecule has 4 aromatic rings. The number of rotatable bonds is 4. The van der Waals surface area contributed by atoms with Gasteiger partial charge < -0.3 is 15.2 Å². The molecular weight excluding hydrogens is 338 g/mol. The van der Waals surface area contributed by atoms with E-state index in [4.69, 9.17) is 15.2 Å². The molecule has 2 N–H and O–H groups in total. The zero-order chi connectivity index (χ0) is 17.4. The van der Waals surface area contributed by atoms with E-state index < -0.39 is 0 Å². The smallest absolute Gasteiger partial charge is 0.235 e. The minimum absolute atomic E-state index is 0.571. The molecule has 2 aromatic carbocycles. The molecule has 0 bridgehead atoms. The number of aromatic nitrogens is 4. The first-order valence-corrected chi connectivity index (χ1v) is 8.32. The fourth-order valence-corrected chi connectivity index (χ4v) is 3.36. The second-order valence-electron chi connectivity index (χ2n) is 5.31. The molecule has 0 atom stereocenters. The van der Waals surface area contributed by atoms with Gasteiger partial charge >= 0.3 is 0 Å². The first-order chi connectivity index (χ1) is 12.2. The molecule has 2 heterocycles. The maximum atomic E-state index is 5.99. The monoisotopic (exact) mass is 353 g/mol. The van der Waals surface area contributed by atoms with Crippen LogP contribution in [0.3, 0.4) is 0 Å². The van der Waals surface area contributed by atoms with Crippen molar-refractivity contribution in [2.45, 2.75) is 0 Å². The topological polar surface area (TPSA) is 87.6 Å². The first kappa shape index (κ1) is 15.4. The Balaban J connectivity index is 1.76. The van der Waals surface area contributed by atoms with E-state index in [0.717, 1.165) is 26.8 Å². The lowest BCUT2D eigenvalue weighted by Crippen LogP contribution is -1.94. The van der Waals surface area contributed by atoms with Gasteiger partial charge in [-0.2, -0.15) is 9.61 Å². The van der Waals surface area contributed by atoms with E-state index in [2.05, 4.69) is 15.3 Å². The molecule has 0 saturated carbocycles. The van der Waals surface area contributed by atoms with Gasteiger partial charge in [-0.15, -0.1) is 10.2 Å². The minimum Gasteiger partial charge on any atom is -0.497 e. The zero-order valence-corrected chi connectivity index (χ0v) is 14.4. The number of hydrogen-bond donors (Lipinski definition) is 1. The van der Waals surface area contributed by atoms with Crippen molar-refractivity contribution in [3.8, 4) is 33.5 Å². The third-order valence-electron chi connectivity index (χ3n) is 3.82. The van der Waals surface area contributed by atoms with Crippen LogP contribution in [-0.4, -0.2) is 34.0 Å². The van der Waals surface area contributed by atoms with Crippen LogP contribution in [0.4, 0.5) is 5.69 Å². The Morgan fingerprint density at radius 3 is 2.40 bits per heavy atom. The van der Waals surface area contributed by atoms with E-state index in [1.54, 1.807) is 18.7 Å². The third kappa shape index (κ3) is 2.66. The Morgan fingerprint density at radius 1 is 0.960 bits per heavy atom. The zero-order valence-electron chi connectivity index (χ0n) is 13.6. The van der Waals surface area contributed by atoms with Crippen LogP contribution in [0.1, 0.15) is 0 Å². The average Bonchev–Trinajstić information content (AvgIpc) is 3.22. The molecule has 0 saturated heterocycles. The summed E-state index contributed by atoms with van der Waals surface area (Å²) in [6.07, 6.45) is 0. The number of methoxy groups -OCH3 is 2. The van der Waals surface area contributed by atoms with Gasteiger partial charge in [-0.1, -0.05) is 11.3 Å². The highest BCUT2D eigenvalue weighted by molar-refractivity contribution is 7.19. The average molecular weight is 353 g/mol. The van der Waals surface area contributed by atoms with E-state index in [-0.39, 0.29) is 0 Å². The number of benzene rings is 2. The molecule has 0 aliphatic rings. The summed E-state index contributed by atoms with van der Waals surface area (Å²) in [5.41, 5.74) is 8.39. The molecule has 2 aromatic heterocycles. The molecule has 0 unspecified atom stereocenters. The summed E-state index contributed by atoms with van der Waals surface area (Å²) >= 11 is 1.45. The third-order valence-corrected chi connectivity index (χ3v) is 4.76. The van der Waals surface area contributed by atoms with Gasteiger partial charge in [-0.25, -0.2) is 0 Å². The largest absolute Gasteiger partial charge is 0.497 e. The van der Waals surface area contributed by atoms with Crippen molar-refractivity contribution in [2.24, 2.45) is 0 Å². The van der Waals surface area contributed by atoms with E-state index >= 15 is 0 Å². The lowest BCUT2D eigenvalue weighted by atomic mass is 10.2. The van der Waals surface area contributed by atoms with Gasteiger partial charge in [0.15, 0.2) is 5.82 Å². The fraction of sp³-hybridized carbons (Fsp3) is 0.118. The van der Waals surface area contributed by atoms with Gasteiger partial charge in [0.1, 0.15) is 16.5 Å². The maximum absolute atomic E-state index is 5.99. The normalized spacial score (nSPS) is 11.0. The van der Waals surface area contributed by atoms with E-state index in [9.17, 15) is 0 Å². The predicted octanol–water partition coefficient (Wildman–Crippen LogP) is 3.12. The lowest BCUT2D eigenvalue weighted by molar-refractivity contribution is 0.415. The van der Waals surface area contributed by atoms with Crippen molar-refractivity contribution < 1.29 is 9.47 Å². The Kier molecular flexibility index (Phi) is 3.73. The molecule has 0 aliphatic carbocycles. The van der Waals surface area contributed by atoms with Crippen LogP contribution < -0.4 is 15.2 Å². The summed E-state index contributed by atoms with van der Waals surface area (Å²) in [4.78, 5) is 0.718. The van der Waals surface area contributed by atoms with Crippen LogP contribution in [0.5, 0.6) is 11.5 Å². The second-order valence-corrected chi connectivity index (χ2v) is 6.27. The minimum atomic E-state index is 0.571. The summed E-state index contributed by atoms with van der Waals surface area (Å²) in [7, 11) is 3.23. The predicted molar refractivity (Wildman–Crippen MR) is 97.0 cm³/mol. The highest BCUT2D eigenvalue weighted by Crippen LogP contribution is 2.32. The number of nitrogens with zero attached hydrogens (tertiary/aromatic N) is 4. The Labute approximate surface area is 147 Å². The van der Waals surface area contributed by atoms with Crippen molar-refractivity contribution >= 4 is 22.0 Å². The van der Waals surface area contributed by atoms with Gasteiger partial charge in [0, 0.05) is 11.1 Å². The number of fused-ring (bicyclic) bond motifs is 1. The van der Waals surface area contributed by atoms with Gasteiger partial charge in [-0.3, -0.25) is 0 Å².